The van der Waals surface area contributed by atoms with Gasteiger partial charge in [-0.25, -0.2) is 4.39 Å². The molecule has 7 heteroatoms. The smallest absolute Gasteiger partial charge is 0.242 e. The molecule has 1 saturated heterocycles. The summed E-state index contributed by atoms with van der Waals surface area (Å²) in [5, 5.41) is 0. The van der Waals surface area contributed by atoms with Crippen molar-refractivity contribution in [3.63, 3.8) is 0 Å². The molecule has 2 aromatic rings. The monoisotopic (exact) mass is 430 g/mol. The molecule has 0 N–H and O–H groups in total. The van der Waals surface area contributed by atoms with Crippen molar-refractivity contribution in [2.24, 2.45) is 0 Å². The molecule has 2 unspecified atom stereocenters. The molecule has 3 rings (SSSR count). The Morgan fingerprint density at radius 2 is 1.97 bits per heavy atom. The van der Waals surface area contributed by atoms with Crippen LogP contribution in [0.5, 0.6) is 0 Å². The summed E-state index contributed by atoms with van der Waals surface area (Å²) >= 11 is 0. The lowest BCUT2D eigenvalue weighted by Crippen LogP contribution is -2.48. The summed E-state index contributed by atoms with van der Waals surface area (Å²) in [5.74, 6) is 0.0657. The first-order valence-corrected chi connectivity index (χ1v) is 10.9. The highest BCUT2D eigenvalue weighted by molar-refractivity contribution is 5.86. The van der Waals surface area contributed by atoms with E-state index < -0.39 is 0 Å². The highest BCUT2D eigenvalue weighted by Crippen LogP contribution is 2.17. The topological polar surface area (TPSA) is 63.0 Å². The second kappa shape index (κ2) is 11.1. The molecule has 168 valence electrons. The number of carbonyl (C=O) groups is 2. The summed E-state index contributed by atoms with van der Waals surface area (Å²) in [5.41, 5.74) is 0.721. The molecule has 0 spiro atoms. The van der Waals surface area contributed by atoms with Crippen LogP contribution in [0.4, 0.5) is 4.39 Å². The van der Waals surface area contributed by atoms with Gasteiger partial charge >= 0.3 is 0 Å². The summed E-state index contributed by atoms with van der Waals surface area (Å²) in [7, 11) is 0. The van der Waals surface area contributed by atoms with Gasteiger partial charge in [0.05, 0.1) is 25.3 Å². The van der Waals surface area contributed by atoms with Gasteiger partial charge in [-0.3, -0.25) is 9.59 Å². The minimum absolute atomic E-state index is 0.00544. The van der Waals surface area contributed by atoms with Crippen molar-refractivity contribution in [1.82, 2.24) is 9.80 Å². The molecule has 0 saturated carbocycles. The van der Waals surface area contributed by atoms with Gasteiger partial charge in [0, 0.05) is 19.2 Å². The van der Waals surface area contributed by atoms with Crippen LogP contribution in [0, 0.1) is 5.82 Å². The molecule has 1 aliphatic rings. The average Bonchev–Trinajstić information content (AvgIpc) is 3.46. The molecule has 2 amide bonds. The predicted octanol–water partition coefficient (Wildman–Crippen LogP) is 3.80. The lowest BCUT2D eigenvalue weighted by atomic mass is 10.1. The SMILES string of the molecule is CCC(C)N(CC(=O)N(Cc1ccco1)CC1CCCO1)C(=O)Cc1ccc(F)cc1. The van der Waals surface area contributed by atoms with Crippen LogP contribution in [-0.4, -0.2) is 53.5 Å². The van der Waals surface area contributed by atoms with Gasteiger partial charge in [-0.1, -0.05) is 19.1 Å². The molecule has 2 heterocycles. The normalized spacial score (nSPS) is 16.8. The van der Waals surface area contributed by atoms with Crippen LogP contribution in [-0.2, 0) is 27.3 Å². The van der Waals surface area contributed by atoms with E-state index in [-0.39, 0.29) is 42.7 Å². The van der Waals surface area contributed by atoms with Gasteiger partial charge in [0.1, 0.15) is 18.1 Å². The predicted molar refractivity (Wildman–Crippen MR) is 115 cm³/mol. The molecule has 1 aromatic heterocycles. The molecule has 2 atom stereocenters. The number of amides is 2. The van der Waals surface area contributed by atoms with Crippen molar-refractivity contribution in [3.05, 3.63) is 59.8 Å². The minimum Gasteiger partial charge on any atom is -0.467 e. The summed E-state index contributed by atoms with van der Waals surface area (Å²) in [4.78, 5) is 29.6. The fourth-order valence-corrected chi connectivity index (χ4v) is 3.71. The number of carbonyl (C=O) groups excluding carboxylic acids is 2. The van der Waals surface area contributed by atoms with E-state index in [4.69, 9.17) is 9.15 Å². The van der Waals surface area contributed by atoms with Crippen LogP contribution < -0.4 is 0 Å². The number of benzene rings is 1. The molecule has 0 radical (unpaired) electrons. The van der Waals surface area contributed by atoms with E-state index in [1.54, 1.807) is 34.3 Å². The summed E-state index contributed by atoms with van der Waals surface area (Å²) in [6.07, 6.45) is 4.35. The first-order chi connectivity index (χ1) is 15.0. The summed E-state index contributed by atoms with van der Waals surface area (Å²) < 4.78 is 24.4. The molecule has 0 aliphatic carbocycles. The van der Waals surface area contributed by atoms with Gasteiger partial charge < -0.3 is 19.0 Å². The largest absolute Gasteiger partial charge is 0.467 e. The zero-order valence-corrected chi connectivity index (χ0v) is 18.3. The van der Waals surface area contributed by atoms with E-state index in [1.165, 1.54) is 12.1 Å². The Kier molecular flexibility index (Phi) is 8.23. The van der Waals surface area contributed by atoms with Crippen molar-refractivity contribution in [2.45, 2.75) is 58.2 Å². The first-order valence-electron chi connectivity index (χ1n) is 10.9. The minimum atomic E-state index is -0.340. The number of rotatable bonds is 10. The van der Waals surface area contributed by atoms with Crippen molar-refractivity contribution >= 4 is 11.8 Å². The van der Waals surface area contributed by atoms with Gasteiger partial charge in [-0.05, 0) is 56.0 Å². The van der Waals surface area contributed by atoms with Crippen LogP contribution in [0.25, 0.3) is 0 Å². The second-order valence-electron chi connectivity index (χ2n) is 8.07. The zero-order chi connectivity index (χ0) is 22.2. The Bertz CT molecular complexity index is 832. The molecule has 6 nitrogen and oxygen atoms in total. The second-order valence-corrected chi connectivity index (χ2v) is 8.07. The summed E-state index contributed by atoms with van der Waals surface area (Å²) in [6, 6.07) is 9.42. The quantitative estimate of drug-likeness (QED) is 0.575. The number of halogens is 1. The number of furan rings is 1. The van der Waals surface area contributed by atoms with E-state index >= 15 is 0 Å². The highest BCUT2D eigenvalue weighted by atomic mass is 19.1. The lowest BCUT2D eigenvalue weighted by Gasteiger charge is -2.32. The van der Waals surface area contributed by atoms with Crippen LogP contribution in [0.15, 0.2) is 47.1 Å². The van der Waals surface area contributed by atoms with Gasteiger partial charge in [0.2, 0.25) is 11.8 Å². The standard InChI is InChI=1S/C24H31FN2O4/c1-3-18(2)27(23(28)14-19-8-10-20(25)11-9-19)17-24(29)26(15-21-6-4-12-30-21)16-22-7-5-13-31-22/h4,6,8-12,18,22H,3,5,7,13-17H2,1-2H3. The van der Waals surface area contributed by atoms with Crippen LogP contribution in [0.1, 0.15) is 44.4 Å². The zero-order valence-electron chi connectivity index (χ0n) is 18.3. The third kappa shape index (κ3) is 6.66. The fraction of sp³-hybridized carbons (Fsp3) is 0.500. The first kappa shape index (κ1) is 23.0. The fourth-order valence-electron chi connectivity index (χ4n) is 3.71. The van der Waals surface area contributed by atoms with Gasteiger partial charge in [-0.2, -0.15) is 0 Å². The Morgan fingerprint density at radius 1 is 1.19 bits per heavy atom. The van der Waals surface area contributed by atoms with Gasteiger partial charge in [0.25, 0.3) is 0 Å². The van der Waals surface area contributed by atoms with Crippen molar-refractivity contribution in [2.75, 3.05) is 19.7 Å². The van der Waals surface area contributed by atoms with Crippen LogP contribution in [0.2, 0.25) is 0 Å². The van der Waals surface area contributed by atoms with Gasteiger partial charge in [-0.15, -0.1) is 0 Å². The van der Waals surface area contributed by atoms with Crippen LogP contribution >= 0.6 is 0 Å². The lowest BCUT2D eigenvalue weighted by molar-refractivity contribution is -0.143. The third-order valence-electron chi connectivity index (χ3n) is 5.74. The Morgan fingerprint density at radius 3 is 2.58 bits per heavy atom. The molecule has 1 aromatic carbocycles. The molecule has 0 bridgehead atoms. The Hall–Kier alpha value is -2.67. The van der Waals surface area contributed by atoms with E-state index in [0.29, 0.717) is 25.5 Å². The highest BCUT2D eigenvalue weighted by Gasteiger charge is 2.28. The average molecular weight is 431 g/mol. The van der Waals surface area contributed by atoms with Gasteiger partial charge in [0.15, 0.2) is 0 Å². The maximum Gasteiger partial charge on any atom is 0.242 e. The van der Waals surface area contributed by atoms with E-state index in [2.05, 4.69) is 0 Å². The number of hydrogen-bond donors (Lipinski definition) is 0. The van der Waals surface area contributed by atoms with E-state index in [9.17, 15) is 14.0 Å². The van der Waals surface area contributed by atoms with E-state index in [0.717, 1.165) is 24.8 Å². The van der Waals surface area contributed by atoms with Crippen LogP contribution in [0.3, 0.4) is 0 Å². The molecule has 1 aliphatic heterocycles. The van der Waals surface area contributed by atoms with E-state index in [1.807, 2.05) is 19.9 Å². The number of ether oxygens (including phenoxy) is 1. The maximum atomic E-state index is 13.3. The molecular formula is C24H31FN2O4. The molecular weight excluding hydrogens is 399 g/mol. The maximum absolute atomic E-state index is 13.3. The summed E-state index contributed by atoms with van der Waals surface area (Å²) in [6.45, 7) is 5.43. The third-order valence-corrected chi connectivity index (χ3v) is 5.74. The van der Waals surface area contributed by atoms with Crippen molar-refractivity contribution < 1.29 is 23.1 Å². The number of hydrogen-bond acceptors (Lipinski definition) is 4. The number of nitrogens with zero attached hydrogens (tertiary/aromatic N) is 2. The Labute approximate surface area is 183 Å². The molecule has 31 heavy (non-hydrogen) atoms. The molecule has 1 fully saturated rings. The van der Waals surface area contributed by atoms with Crippen molar-refractivity contribution in [3.8, 4) is 0 Å². The Balaban J connectivity index is 1.70. The van der Waals surface area contributed by atoms with Crippen molar-refractivity contribution in [1.29, 1.82) is 0 Å².